The molecule has 19 heavy (non-hydrogen) atoms. The molecule has 6 nitrogen and oxygen atoms in total. The minimum absolute atomic E-state index is 0.0535. The first-order valence-corrected chi connectivity index (χ1v) is 6.09. The van der Waals surface area contributed by atoms with Gasteiger partial charge in [-0.1, -0.05) is 19.1 Å². The van der Waals surface area contributed by atoms with E-state index in [0.717, 1.165) is 5.56 Å². The molecule has 1 amide bonds. The summed E-state index contributed by atoms with van der Waals surface area (Å²) < 4.78 is 0. The molecular weight excluding hydrogens is 246 g/mol. The first kappa shape index (κ1) is 15.1. The molecule has 1 aromatic rings. The first-order valence-electron chi connectivity index (χ1n) is 6.09. The van der Waals surface area contributed by atoms with E-state index in [4.69, 9.17) is 5.73 Å². The Kier molecular flexibility index (Phi) is 4.61. The molecule has 0 heterocycles. The SMILES string of the molecule is CCC(C)(N)C(=O)NCc1cccc([N+](=O)[O-])c1C. The van der Waals surface area contributed by atoms with Gasteiger partial charge in [0.25, 0.3) is 5.69 Å². The predicted octanol–water partition coefficient (Wildman–Crippen LogP) is 1.65. The van der Waals surface area contributed by atoms with Crippen LogP contribution in [0.1, 0.15) is 31.4 Å². The van der Waals surface area contributed by atoms with E-state index in [2.05, 4.69) is 5.32 Å². The second-order valence-electron chi connectivity index (χ2n) is 4.77. The van der Waals surface area contributed by atoms with Crippen LogP contribution in [0.2, 0.25) is 0 Å². The lowest BCUT2D eigenvalue weighted by Crippen LogP contribution is -2.50. The maximum Gasteiger partial charge on any atom is 0.272 e. The second kappa shape index (κ2) is 5.79. The number of nitro groups is 1. The molecule has 0 radical (unpaired) electrons. The summed E-state index contributed by atoms with van der Waals surface area (Å²) in [5.41, 5.74) is 6.23. The van der Waals surface area contributed by atoms with Gasteiger partial charge in [-0.05, 0) is 25.8 Å². The number of benzene rings is 1. The summed E-state index contributed by atoms with van der Waals surface area (Å²) in [6.45, 7) is 5.39. The number of nitrogens with two attached hydrogens (primary N) is 1. The van der Waals surface area contributed by atoms with Crippen LogP contribution in [-0.4, -0.2) is 16.4 Å². The number of nitrogens with one attached hydrogen (secondary N) is 1. The van der Waals surface area contributed by atoms with Crippen molar-refractivity contribution < 1.29 is 9.72 Å². The normalized spacial score (nSPS) is 13.7. The molecular formula is C13H19N3O3. The van der Waals surface area contributed by atoms with Gasteiger partial charge < -0.3 is 11.1 Å². The van der Waals surface area contributed by atoms with Crippen molar-refractivity contribution in [2.45, 2.75) is 39.3 Å². The quantitative estimate of drug-likeness (QED) is 0.624. The molecule has 0 fully saturated rings. The zero-order valence-corrected chi connectivity index (χ0v) is 11.4. The standard InChI is InChI=1S/C13H19N3O3/c1-4-13(3,14)12(17)15-8-10-6-5-7-11(9(10)2)16(18)19/h5-7H,4,8,14H2,1-3H3,(H,15,17). The van der Waals surface area contributed by atoms with Gasteiger partial charge >= 0.3 is 0 Å². The molecule has 0 spiro atoms. The van der Waals surface area contributed by atoms with Crippen LogP contribution in [0.15, 0.2) is 18.2 Å². The summed E-state index contributed by atoms with van der Waals surface area (Å²) in [5.74, 6) is -0.263. The van der Waals surface area contributed by atoms with Gasteiger partial charge in [-0.2, -0.15) is 0 Å². The maximum absolute atomic E-state index is 11.8. The van der Waals surface area contributed by atoms with Crippen LogP contribution in [0.3, 0.4) is 0 Å². The van der Waals surface area contributed by atoms with Crippen LogP contribution in [0.5, 0.6) is 0 Å². The minimum atomic E-state index is -0.922. The third-order valence-electron chi connectivity index (χ3n) is 3.31. The minimum Gasteiger partial charge on any atom is -0.350 e. The molecule has 0 aliphatic heterocycles. The molecule has 104 valence electrons. The summed E-state index contributed by atoms with van der Waals surface area (Å²) in [7, 11) is 0. The highest BCUT2D eigenvalue weighted by Gasteiger charge is 2.25. The highest BCUT2D eigenvalue weighted by atomic mass is 16.6. The highest BCUT2D eigenvalue weighted by molar-refractivity contribution is 5.85. The molecule has 0 aromatic heterocycles. The van der Waals surface area contributed by atoms with Crippen LogP contribution >= 0.6 is 0 Å². The predicted molar refractivity (Wildman–Crippen MR) is 72.6 cm³/mol. The summed E-state index contributed by atoms with van der Waals surface area (Å²) in [4.78, 5) is 22.2. The largest absolute Gasteiger partial charge is 0.350 e. The van der Waals surface area contributed by atoms with Crippen molar-refractivity contribution in [2.24, 2.45) is 5.73 Å². The number of hydrogen-bond donors (Lipinski definition) is 2. The summed E-state index contributed by atoms with van der Waals surface area (Å²) >= 11 is 0. The molecule has 1 rings (SSSR count). The fourth-order valence-corrected chi connectivity index (χ4v) is 1.60. The van der Waals surface area contributed by atoms with Crippen LogP contribution < -0.4 is 11.1 Å². The van der Waals surface area contributed by atoms with Gasteiger partial charge in [-0.3, -0.25) is 14.9 Å². The number of amides is 1. The maximum atomic E-state index is 11.8. The summed E-state index contributed by atoms with van der Waals surface area (Å²) in [5, 5.41) is 13.5. The van der Waals surface area contributed by atoms with E-state index in [1.54, 1.807) is 26.0 Å². The molecule has 0 aliphatic rings. The van der Waals surface area contributed by atoms with Gasteiger partial charge in [-0.25, -0.2) is 0 Å². The Morgan fingerprint density at radius 2 is 2.16 bits per heavy atom. The number of hydrogen-bond acceptors (Lipinski definition) is 4. The van der Waals surface area contributed by atoms with Crippen molar-refractivity contribution in [3.63, 3.8) is 0 Å². The lowest BCUT2D eigenvalue weighted by atomic mass is 9.99. The van der Waals surface area contributed by atoms with E-state index in [0.29, 0.717) is 12.0 Å². The Bertz CT molecular complexity index is 498. The van der Waals surface area contributed by atoms with E-state index in [1.165, 1.54) is 6.07 Å². The summed E-state index contributed by atoms with van der Waals surface area (Å²) in [6.07, 6.45) is 0.521. The fraction of sp³-hybridized carbons (Fsp3) is 0.462. The van der Waals surface area contributed by atoms with Crippen LogP contribution in [0, 0.1) is 17.0 Å². The molecule has 1 atom stereocenters. The second-order valence-corrected chi connectivity index (χ2v) is 4.77. The Balaban J connectivity index is 2.82. The monoisotopic (exact) mass is 265 g/mol. The Labute approximate surface area is 112 Å². The number of nitrogens with zero attached hydrogens (tertiary/aromatic N) is 1. The van der Waals surface area contributed by atoms with Gasteiger partial charge in [-0.15, -0.1) is 0 Å². The molecule has 0 aliphatic carbocycles. The fourth-order valence-electron chi connectivity index (χ4n) is 1.60. The van der Waals surface area contributed by atoms with E-state index in [9.17, 15) is 14.9 Å². The van der Waals surface area contributed by atoms with E-state index >= 15 is 0 Å². The van der Waals surface area contributed by atoms with Gasteiger partial charge in [0.05, 0.1) is 10.5 Å². The van der Waals surface area contributed by atoms with Crippen molar-refractivity contribution in [3.8, 4) is 0 Å². The number of carbonyl (C=O) groups is 1. The van der Waals surface area contributed by atoms with Crippen molar-refractivity contribution >= 4 is 11.6 Å². The zero-order chi connectivity index (χ0) is 14.6. The summed E-state index contributed by atoms with van der Waals surface area (Å²) in [6, 6.07) is 4.80. The molecule has 3 N–H and O–H groups in total. The molecule has 6 heteroatoms. The Hall–Kier alpha value is -1.95. The average molecular weight is 265 g/mol. The highest BCUT2D eigenvalue weighted by Crippen LogP contribution is 2.21. The van der Waals surface area contributed by atoms with Crippen molar-refractivity contribution in [1.29, 1.82) is 0 Å². The molecule has 0 saturated heterocycles. The average Bonchev–Trinajstić information content (AvgIpc) is 2.36. The van der Waals surface area contributed by atoms with Crippen LogP contribution in [-0.2, 0) is 11.3 Å². The van der Waals surface area contributed by atoms with E-state index in [-0.39, 0.29) is 18.1 Å². The van der Waals surface area contributed by atoms with Gasteiger partial charge in [0.1, 0.15) is 0 Å². The van der Waals surface area contributed by atoms with Crippen LogP contribution in [0.4, 0.5) is 5.69 Å². The molecule has 0 bridgehead atoms. The number of rotatable bonds is 5. The van der Waals surface area contributed by atoms with E-state index in [1.807, 2.05) is 6.92 Å². The third-order valence-corrected chi connectivity index (χ3v) is 3.31. The van der Waals surface area contributed by atoms with E-state index < -0.39 is 10.5 Å². The van der Waals surface area contributed by atoms with Gasteiger partial charge in [0.2, 0.25) is 5.91 Å². The van der Waals surface area contributed by atoms with Crippen molar-refractivity contribution in [2.75, 3.05) is 0 Å². The lowest BCUT2D eigenvalue weighted by Gasteiger charge is -2.21. The lowest BCUT2D eigenvalue weighted by molar-refractivity contribution is -0.385. The number of carbonyl (C=O) groups excluding carboxylic acids is 1. The molecule has 0 saturated carbocycles. The van der Waals surface area contributed by atoms with Crippen LogP contribution in [0.25, 0.3) is 0 Å². The number of nitro benzene ring substituents is 1. The topological polar surface area (TPSA) is 98.3 Å². The van der Waals surface area contributed by atoms with Gasteiger partial charge in [0, 0.05) is 18.2 Å². The van der Waals surface area contributed by atoms with Crippen molar-refractivity contribution in [1.82, 2.24) is 5.32 Å². The van der Waals surface area contributed by atoms with Crippen molar-refractivity contribution in [3.05, 3.63) is 39.4 Å². The molecule has 1 unspecified atom stereocenters. The molecule has 1 aromatic carbocycles. The smallest absolute Gasteiger partial charge is 0.272 e. The Morgan fingerprint density at radius 3 is 2.68 bits per heavy atom. The zero-order valence-electron chi connectivity index (χ0n) is 11.4. The van der Waals surface area contributed by atoms with Gasteiger partial charge in [0.15, 0.2) is 0 Å². The third kappa shape index (κ3) is 3.51. The first-order chi connectivity index (χ1) is 8.79. The Morgan fingerprint density at radius 1 is 1.53 bits per heavy atom.